The Morgan fingerprint density at radius 2 is 1.95 bits per heavy atom. The molecule has 1 saturated heterocycles. The molecule has 0 bridgehead atoms. The molecule has 5 heteroatoms. The van der Waals surface area contributed by atoms with E-state index in [0.29, 0.717) is 11.6 Å². The number of rotatable bonds is 3. The summed E-state index contributed by atoms with van der Waals surface area (Å²) >= 11 is 6.27. The second kappa shape index (κ2) is 5.97. The van der Waals surface area contributed by atoms with Crippen LogP contribution in [0.4, 0.5) is 10.1 Å². The van der Waals surface area contributed by atoms with Crippen LogP contribution in [0, 0.1) is 11.7 Å². The first-order valence-electron chi connectivity index (χ1n) is 7.14. The number of carbonyl (C=O) groups excluding carboxylic acids is 1. The highest BCUT2D eigenvalue weighted by atomic mass is 35.5. The van der Waals surface area contributed by atoms with Gasteiger partial charge in [-0.1, -0.05) is 23.7 Å². The smallest absolute Gasteiger partial charge is 0.222 e. The predicted octanol–water partition coefficient (Wildman–Crippen LogP) is 3.46. The van der Waals surface area contributed by atoms with Crippen LogP contribution in [0.3, 0.4) is 0 Å². The van der Waals surface area contributed by atoms with Gasteiger partial charge in [0.15, 0.2) is 0 Å². The standard InChI is InChI=1S/C17H16ClFN2O/c18-16-6-5-14(21-8-7-12(10-21)17(20)22)9-15(16)11-1-3-13(19)4-2-11/h1-6,9,12H,7-8,10H2,(H2,20,22). The van der Waals surface area contributed by atoms with Gasteiger partial charge in [-0.2, -0.15) is 0 Å². The molecular weight excluding hydrogens is 303 g/mol. The van der Waals surface area contributed by atoms with Crippen LogP contribution in [0.1, 0.15) is 6.42 Å². The van der Waals surface area contributed by atoms with Gasteiger partial charge in [0, 0.05) is 29.4 Å². The predicted molar refractivity (Wildman–Crippen MR) is 86.4 cm³/mol. The van der Waals surface area contributed by atoms with Crippen LogP contribution in [0.25, 0.3) is 11.1 Å². The lowest BCUT2D eigenvalue weighted by Gasteiger charge is -2.19. The van der Waals surface area contributed by atoms with E-state index in [4.69, 9.17) is 17.3 Å². The van der Waals surface area contributed by atoms with Crippen LogP contribution in [0.5, 0.6) is 0 Å². The Bertz CT molecular complexity index is 702. The van der Waals surface area contributed by atoms with Crippen molar-refractivity contribution in [2.24, 2.45) is 11.7 Å². The van der Waals surface area contributed by atoms with Crippen molar-refractivity contribution in [2.75, 3.05) is 18.0 Å². The number of benzene rings is 2. The molecule has 1 unspecified atom stereocenters. The van der Waals surface area contributed by atoms with Crippen LogP contribution >= 0.6 is 11.6 Å². The molecule has 3 rings (SSSR count). The summed E-state index contributed by atoms with van der Waals surface area (Å²) < 4.78 is 13.1. The number of nitrogens with two attached hydrogens (primary N) is 1. The Hall–Kier alpha value is -2.07. The number of primary amides is 1. The van der Waals surface area contributed by atoms with Crippen molar-refractivity contribution in [1.82, 2.24) is 0 Å². The van der Waals surface area contributed by atoms with E-state index < -0.39 is 0 Å². The fourth-order valence-electron chi connectivity index (χ4n) is 2.79. The van der Waals surface area contributed by atoms with E-state index in [1.54, 1.807) is 12.1 Å². The van der Waals surface area contributed by atoms with Gasteiger partial charge in [-0.15, -0.1) is 0 Å². The number of hydrogen-bond donors (Lipinski definition) is 1. The highest BCUT2D eigenvalue weighted by Gasteiger charge is 2.27. The van der Waals surface area contributed by atoms with Crippen molar-refractivity contribution in [3.8, 4) is 11.1 Å². The van der Waals surface area contributed by atoms with Crippen molar-refractivity contribution in [2.45, 2.75) is 6.42 Å². The minimum absolute atomic E-state index is 0.107. The molecule has 1 aliphatic rings. The number of anilines is 1. The van der Waals surface area contributed by atoms with Gasteiger partial charge in [0.2, 0.25) is 5.91 Å². The van der Waals surface area contributed by atoms with E-state index in [0.717, 1.165) is 29.8 Å². The van der Waals surface area contributed by atoms with Gasteiger partial charge in [0.1, 0.15) is 5.82 Å². The molecule has 0 saturated carbocycles. The first-order valence-corrected chi connectivity index (χ1v) is 7.52. The molecule has 1 aliphatic heterocycles. The minimum Gasteiger partial charge on any atom is -0.371 e. The van der Waals surface area contributed by atoms with Gasteiger partial charge in [-0.25, -0.2) is 4.39 Å². The number of hydrogen-bond acceptors (Lipinski definition) is 2. The molecular formula is C17H16ClFN2O. The Morgan fingerprint density at radius 1 is 1.23 bits per heavy atom. The Kier molecular flexibility index (Phi) is 4.03. The van der Waals surface area contributed by atoms with Crippen molar-refractivity contribution < 1.29 is 9.18 Å². The molecule has 0 spiro atoms. The lowest BCUT2D eigenvalue weighted by atomic mass is 10.0. The van der Waals surface area contributed by atoms with Gasteiger partial charge in [-0.3, -0.25) is 4.79 Å². The molecule has 1 fully saturated rings. The topological polar surface area (TPSA) is 46.3 Å². The summed E-state index contributed by atoms with van der Waals surface area (Å²) in [4.78, 5) is 13.4. The molecule has 3 nitrogen and oxygen atoms in total. The van der Waals surface area contributed by atoms with Crippen LogP contribution in [-0.4, -0.2) is 19.0 Å². The van der Waals surface area contributed by atoms with Gasteiger partial charge in [0.25, 0.3) is 0 Å². The van der Waals surface area contributed by atoms with E-state index in [-0.39, 0.29) is 17.6 Å². The Labute approximate surface area is 133 Å². The fourth-order valence-corrected chi connectivity index (χ4v) is 3.01. The van der Waals surface area contributed by atoms with Crippen LogP contribution in [-0.2, 0) is 4.79 Å². The van der Waals surface area contributed by atoms with E-state index in [1.165, 1.54) is 12.1 Å². The number of amides is 1. The highest BCUT2D eigenvalue weighted by molar-refractivity contribution is 6.33. The van der Waals surface area contributed by atoms with Crippen LogP contribution in [0.2, 0.25) is 5.02 Å². The van der Waals surface area contributed by atoms with E-state index in [1.807, 2.05) is 18.2 Å². The summed E-state index contributed by atoms with van der Waals surface area (Å²) in [5, 5.41) is 0.612. The summed E-state index contributed by atoms with van der Waals surface area (Å²) in [7, 11) is 0. The molecule has 1 amide bonds. The number of halogens is 2. The average molecular weight is 319 g/mol. The summed E-state index contributed by atoms with van der Waals surface area (Å²) in [5.74, 6) is -0.639. The van der Waals surface area contributed by atoms with E-state index >= 15 is 0 Å². The molecule has 2 aromatic carbocycles. The van der Waals surface area contributed by atoms with Crippen molar-refractivity contribution >= 4 is 23.2 Å². The summed E-state index contributed by atoms with van der Waals surface area (Å²) in [6, 6.07) is 12.0. The average Bonchev–Trinajstić information content (AvgIpc) is 2.99. The molecule has 1 atom stereocenters. The van der Waals surface area contributed by atoms with E-state index in [9.17, 15) is 9.18 Å². The van der Waals surface area contributed by atoms with Crippen molar-refractivity contribution in [3.05, 3.63) is 53.3 Å². The fraction of sp³-hybridized carbons (Fsp3) is 0.235. The largest absolute Gasteiger partial charge is 0.371 e. The lowest BCUT2D eigenvalue weighted by Crippen LogP contribution is -2.27. The van der Waals surface area contributed by atoms with Gasteiger partial charge < -0.3 is 10.6 Å². The second-order valence-corrected chi connectivity index (χ2v) is 5.91. The Morgan fingerprint density at radius 3 is 2.59 bits per heavy atom. The van der Waals surface area contributed by atoms with Crippen LogP contribution in [0.15, 0.2) is 42.5 Å². The maximum absolute atomic E-state index is 13.1. The van der Waals surface area contributed by atoms with Crippen molar-refractivity contribution in [3.63, 3.8) is 0 Å². The normalized spacial score (nSPS) is 17.7. The summed E-state index contributed by atoms with van der Waals surface area (Å²) in [6.45, 7) is 1.41. The van der Waals surface area contributed by atoms with E-state index in [2.05, 4.69) is 4.90 Å². The zero-order valence-electron chi connectivity index (χ0n) is 11.9. The van der Waals surface area contributed by atoms with Gasteiger partial charge >= 0.3 is 0 Å². The first-order chi connectivity index (χ1) is 10.5. The highest BCUT2D eigenvalue weighted by Crippen LogP contribution is 2.33. The van der Waals surface area contributed by atoms with Gasteiger partial charge in [0.05, 0.1) is 5.92 Å². The molecule has 0 aliphatic carbocycles. The second-order valence-electron chi connectivity index (χ2n) is 5.51. The maximum Gasteiger partial charge on any atom is 0.222 e. The zero-order valence-corrected chi connectivity index (χ0v) is 12.7. The van der Waals surface area contributed by atoms with Crippen LogP contribution < -0.4 is 10.6 Å². The lowest BCUT2D eigenvalue weighted by molar-refractivity contribution is -0.121. The third-order valence-corrected chi connectivity index (χ3v) is 4.39. The Balaban J connectivity index is 1.90. The number of carbonyl (C=O) groups is 1. The summed E-state index contributed by atoms with van der Waals surface area (Å²) in [6.07, 6.45) is 0.768. The third-order valence-electron chi connectivity index (χ3n) is 4.06. The molecule has 2 N–H and O–H groups in total. The first kappa shape index (κ1) is 14.9. The van der Waals surface area contributed by atoms with Gasteiger partial charge in [-0.05, 0) is 42.3 Å². The third kappa shape index (κ3) is 2.92. The summed E-state index contributed by atoms with van der Waals surface area (Å²) in [5.41, 5.74) is 8.08. The minimum atomic E-state index is -0.278. The zero-order chi connectivity index (χ0) is 15.7. The quantitative estimate of drug-likeness (QED) is 0.942. The molecule has 114 valence electrons. The molecule has 2 aromatic rings. The maximum atomic E-state index is 13.1. The molecule has 22 heavy (non-hydrogen) atoms. The van der Waals surface area contributed by atoms with Crippen molar-refractivity contribution in [1.29, 1.82) is 0 Å². The number of nitrogens with zero attached hydrogens (tertiary/aromatic N) is 1. The molecule has 0 aromatic heterocycles. The molecule has 1 heterocycles. The monoisotopic (exact) mass is 318 g/mol. The SMILES string of the molecule is NC(=O)C1CCN(c2ccc(Cl)c(-c3ccc(F)cc3)c2)C1. The molecule has 0 radical (unpaired) electrons.